The van der Waals surface area contributed by atoms with Crippen molar-refractivity contribution in [2.45, 2.75) is 47.0 Å². The second-order valence-corrected chi connectivity index (χ2v) is 17.4. The molecule has 0 unspecified atom stereocenters. The number of para-hydroxylation sites is 3. The first-order valence-electron chi connectivity index (χ1n) is 28.0. The molecule has 4 heterocycles. The Balaban J connectivity index is 1.22. The van der Waals surface area contributed by atoms with Crippen molar-refractivity contribution in [3.05, 3.63) is 210 Å². The Labute approximate surface area is 404 Å². The smallest absolute Gasteiger partial charge is 0.457 e. The molecule has 0 bridgehead atoms. The van der Waals surface area contributed by atoms with Crippen molar-refractivity contribution in [1.82, 2.24) is 23.7 Å². The molecule has 0 radical (unpaired) electrons. The highest BCUT2D eigenvalue weighted by molar-refractivity contribution is 6.09. The van der Waals surface area contributed by atoms with Gasteiger partial charge in [0.25, 0.3) is 11.4 Å². The summed E-state index contributed by atoms with van der Waals surface area (Å²) in [7, 11) is 0. The summed E-state index contributed by atoms with van der Waals surface area (Å²) in [6, 6.07) is 22.8. The monoisotopic (exact) mass is 868 g/mol. The van der Waals surface area contributed by atoms with Gasteiger partial charge in [-0.2, -0.15) is 0 Å². The molecule has 0 amide bonds. The summed E-state index contributed by atoms with van der Waals surface area (Å²) in [6.07, 6.45) is 5.40. The first-order chi connectivity index (χ1) is 37.5. The Morgan fingerprint density at radius 2 is 1.27 bits per heavy atom. The standard InChI is InChI=1S/C60H49N5O/c1-39-30-40(2)58(41(3)31-39)44-32-46(35-48(33-44)66-47-24-25-51-52-27-28-61-37-56(52)65(55(51)36-47)57-34-45(26-29-62-57)60(4,5)6)63-38-64(54-23-14-13-22-53(54)63)59-49(42-16-9-7-10-17-42)20-15-21-50(59)43-18-11-8-12-19-43/h7-37H,1-6H3/q+2/i7D,8D,9D,10D,11D,12D,15D,16D,17D,18D,19D,20D,21D. The van der Waals surface area contributed by atoms with Gasteiger partial charge >= 0.3 is 6.01 Å². The van der Waals surface area contributed by atoms with Crippen LogP contribution in [0.25, 0.3) is 61.0 Å². The molecule has 318 valence electrons. The average molecular weight is 869 g/mol. The Hall–Kier alpha value is -8.18. The van der Waals surface area contributed by atoms with Crippen LogP contribution < -0.4 is 13.9 Å². The van der Waals surface area contributed by atoms with Gasteiger partial charge in [-0.15, -0.1) is 0 Å². The SMILES string of the molecule is [2H]c1c([2H])c([2H])c(-c2c([2H])c([2H])c([2H])c(-c3c([2H])c([2H])c([2H])c([2H])c3[2H])c2[N+]2=C=[N+](c3cc(Oc4ccc5c6ccncc6n(-c6cc(C(C)(C)C)ccn6)c5c4)cc(-c4c(C)cc(C)cc4C)c3)c3ccccc32)c([2H])c1[2H]. The van der Waals surface area contributed by atoms with Crippen LogP contribution in [0.2, 0.25) is 0 Å². The highest BCUT2D eigenvalue weighted by Gasteiger charge is 2.39. The van der Waals surface area contributed by atoms with Gasteiger partial charge in [-0.1, -0.05) is 117 Å². The molecule has 6 nitrogen and oxygen atoms in total. The molecule has 1 aliphatic rings. The van der Waals surface area contributed by atoms with E-state index in [9.17, 15) is 8.22 Å². The van der Waals surface area contributed by atoms with Crippen molar-refractivity contribution in [1.29, 1.82) is 0 Å². The van der Waals surface area contributed by atoms with E-state index in [2.05, 4.69) is 54.5 Å². The zero-order valence-electron chi connectivity index (χ0n) is 50.0. The first-order valence-corrected chi connectivity index (χ1v) is 21.5. The van der Waals surface area contributed by atoms with Crippen molar-refractivity contribution < 1.29 is 22.6 Å². The maximum atomic E-state index is 9.51. The van der Waals surface area contributed by atoms with Gasteiger partial charge in [0.05, 0.1) is 52.2 Å². The van der Waals surface area contributed by atoms with Crippen LogP contribution in [-0.4, -0.2) is 20.5 Å². The Kier molecular flexibility index (Phi) is 6.98. The Morgan fingerprint density at radius 1 is 0.606 bits per heavy atom. The van der Waals surface area contributed by atoms with Crippen molar-refractivity contribution in [3.8, 4) is 50.7 Å². The van der Waals surface area contributed by atoms with Crippen molar-refractivity contribution in [2.75, 3.05) is 0 Å². The number of hydrogen-bond donors (Lipinski definition) is 0. The molecule has 7 aromatic carbocycles. The van der Waals surface area contributed by atoms with Gasteiger partial charge < -0.3 is 4.74 Å². The fourth-order valence-corrected chi connectivity index (χ4v) is 9.00. The summed E-state index contributed by atoms with van der Waals surface area (Å²) in [5.74, 6) is 1.63. The van der Waals surface area contributed by atoms with E-state index in [1.54, 1.807) is 35.0 Å². The van der Waals surface area contributed by atoms with E-state index in [0.29, 0.717) is 34.4 Å². The van der Waals surface area contributed by atoms with Crippen LogP contribution in [0, 0.1) is 20.8 Å². The van der Waals surface area contributed by atoms with Crippen molar-refractivity contribution in [3.63, 3.8) is 0 Å². The maximum absolute atomic E-state index is 9.51. The van der Waals surface area contributed by atoms with E-state index in [1.165, 1.54) is 4.58 Å². The first kappa shape index (κ1) is 28.6. The zero-order chi connectivity index (χ0) is 56.4. The third kappa shape index (κ3) is 7.18. The molecule has 3 aromatic heterocycles. The van der Waals surface area contributed by atoms with E-state index in [-0.39, 0.29) is 11.1 Å². The number of ether oxygens (including phenoxy) is 1. The molecule has 0 aliphatic carbocycles. The molecule has 0 N–H and O–H groups in total. The molecule has 11 rings (SSSR count). The predicted molar refractivity (Wildman–Crippen MR) is 273 cm³/mol. The zero-order valence-corrected chi connectivity index (χ0v) is 37.0. The molecule has 10 aromatic rings. The van der Waals surface area contributed by atoms with Crippen LogP contribution in [0.4, 0.5) is 22.7 Å². The van der Waals surface area contributed by atoms with Gasteiger partial charge in [-0.05, 0) is 123 Å². The normalized spacial score (nSPS) is 15.1. The molecular formula is C60H49N5O+2. The number of fused-ring (bicyclic) bond motifs is 4. The van der Waals surface area contributed by atoms with Crippen LogP contribution in [0.1, 0.15) is 60.8 Å². The molecule has 1 aliphatic heterocycles. The molecule has 0 spiro atoms. The van der Waals surface area contributed by atoms with E-state index in [1.807, 2.05) is 81.7 Å². The second kappa shape index (κ2) is 16.1. The number of hydrogen-bond acceptors (Lipinski definition) is 3. The molecule has 0 atom stereocenters. The quantitative estimate of drug-likeness (QED) is 0.143. The minimum absolute atomic E-state index is 0.150. The van der Waals surface area contributed by atoms with Crippen molar-refractivity contribution >= 4 is 50.6 Å². The van der Waals surface area contributed by atoms with Crippen LogP contribution in [-0.2, 0) is 5.41 Å². The van der Waals surface area contributed by atoms with Crippen LogP contribution in [0.5, 0.6) is 11.5 Å². The molecule has 6 heteroatoms. The van der Waals surface area contributed by atoms with Gasteiger partial charge in [0, 0.05) is 47.4 Å². The van der Waals surface area contributed by atoms with E-state index in [4.69, 9.17) is 19.3 Å². The lowest BCUT2D eigenvalue weighted by Gasteiger charge is -2.20. The Bertz CT molecular complexity index is 4230. The number of aryl methyl sites for hydroxylation is 3. The number of rotatable bonds is 8. The molecular weight excluding hydrogens is 807 g/mol. The van der Waals surface area contributed by atoms with Gasteiger partial charge in [-0.3, -0.25) is 9.55 Å². The third-order valence-corrected chi connectivity index (χ3v) is 11.9. The minimum Gasteiger partial charge on any atom is -0.457 e. The predicted octanol–water partition coefficient (Wildman–Crippen LogP) is 15.4. The lowest BCUT2D eigenvalue weighted by molar-refractivity contribution is 0.483. The van der Waals surface area contributed by atoms with Gasteiger partial charge in [0.2, 0.25) is 11.4 Å². The summed E-state index contributed by atoms with van der Waals surface area (Å²) < 4.78 is 129. The third-order valence-electron chi connectivity index (χ3n) is 11.9. The molecule has 66 heavy (non-hydrogen) atoms. The van der Waals surface area contributed by atoms with E-state index < -0.39 is 101 Å². The van der Waals surface area contributed by atoms with Crippen LogP contribution >= 0.6 is 0 Å². The minimum atomic E-state index is -0.778. The van der Waals surface area contributed by atoms with Crippen molar-refractivity contribution in [2.24, 2.45) is 0 Å². The summed E-state index contributed by atoms with van der Waals surface area (Å²) in [6.45, 7) is 12.6. The lowest BCUT2D eigenvalue weighted by atomic mass is 9.88. The summed E-state index contributed by atoms with van der Waals surface area (Å²) in [5.41, 5.74) is 6.59. The number of aromatic nitrogens is 3. The number of pyridine rings is 2. The van der Waals surface area contributed by atoms with E-state index in [0.717, 1.165) is 55.2 Å². The maximum Gasteiger partial charge on any atom is 0.503 e. The van der Waals surface area contributed by atoms with Crippen LogP contribution in [0.3, 0.4) is 0 Å². The lowest BCUT2D eigenvalue weighted by Crippen LogP contribution is -2.12. The second-order valence-electron chi connectivity index (χ2n) is 17.4. The highest BCUT2D eigenvalue weighted by Crippen LogP contribution is 2.46. The molecule has 0 fully saturated rings. The molecule has 0 saturated carbocycles. The fourth-order valence-electron chi connectivity index (χ4n) is 9.00. The Morgan fingerprint density at radius 3 is 1.95 bits per heavy atom. The van der Waals surface area contributed by atoms with Crippen LogP contribution in [0.15, 0.2) is 188 Å². The summed E-state index contributed by atoms with van der Waals surface area (Å²) in [5, 5.41) is 1.94. The highest BCUT2D eigenvalue weighted by atomic mass is 16.5. The number of nitrogens with zero attached hydrogens (tertiary/aromatic N) is 5. The fraction of sp³-hybridized carbons (Fsp3) is 0.117. The largest absolute Gasteiger partial charge is 0.503 e. The number of benzene rings is 7. The molecule has 0 saturated heterocycles. The van der Waals surface area contributed by atoms with Gasteiger partial charge in [-0.25, -0.2) is 4.98 Å². The topological polar surface area (TPSA) is 46.0 Å². The summed E-state index contributed by atoms with van der Waals surface area (Å²) >= 11 is 0. The van der Waals surface area contributed by atoms with E-state index >= 15 is 0 Å². The average Bonchev–Trinajstić information content (AvgIpc) is 4.15. The summed E-state index contributed by atoms with van der Waals surface area (Å²) in [4.78, 5) is 9.33. The van der Waals surface area contributed by atoms with Gasteiger partial charge in [0.15, 0.2) is 0 Å². The van der Waals surface area contributed by atoms with Gasteiger partial charge in [0.1, 0.15) is 17.3 Å².